The molecule has 0 fully saturated rings. The van der Waals surface area contributed by atoms with E-state index in [-0.39, 0.29) is 23.6 Å². The molecule has 2 amide bonds. The SMILES string of the molecule is Cc1cccc(Cl)c1C(=O)N[C@@H](Cc1ccc(N2C(=O)c3cc(NCCO)ccc3N(C)C2O)cc1)C(=O)O. The molecular weight excluding hydrogens is 524 g/mol. The highest BCUT2D eigenvalue weighted by atomic mass is 35.5. The quantitative estimate of drug-likeness (QED) is 0.273. The number of halogens is 1. The minimum Gasteiger partial charge on any atom is -0.480 e. The number of aliphatic hydroxyl groups excluding tert-OH is 2. The molecule has 2 atom stereocenters. The molecule has 5 N–H and O–H groups in total. The Balaban J connectivity index is 1.53. The van der Waals surface area contributed by atoms with Crippen LogP contribution in [0.3, 0.4) is 0 Å². The lowest BCUT2D eigenvalue weighted by Gasteiger charge is -2.40. The first-order chi connectivity index (χ1) is 18.6. The summed E-state index contributed by atoms with van der Waals surface area (Å²) in [5, 5.41) is 35.5. The number of fused-ring (bicyclic) bond motifs is 1. The van der Waals surface area contributed by atoms with E-state index in [2.05, 4.69) is 10.6 Å². The molecule has 204 valence electrons. The van der Waals surface area contributed by atoms with Crippen molar-refractivity contribution in [2.45, 2.75) is 25.7 Å². The van der Waals surface area contributed by atoms with E-state index in [0.717, 1.165) is 0 Å². The molecule has 3 aromatic rings. The minimum absolute atomic E-state index is 0.00994. The van der Waals surface area contributed by atoms with Crippen molar-refractivity contribution in [3.63, 3.8) is 0 Å². The zero-order chi connectivity index (χ0) is 28.3. The van der Waals surface area contributed by atoms with E-state index in [4.69, 9.17) is 16.7 Å². The molecule has 1 aliphatic rings. The topological polar surface area (TPSA) is 142 Å². The number of rotatable bonds is 9. The van der Waals surface area contributed by atoms with Crippen LogP contribution in [-0.2, 0) is 11.2 Å². The predicted octanol–water partition coefficient (Wildman–Crippen LogP) is 2.85. The highest BCUT2D eigenvalue weighted by Gasteiger charge is 2.36. The molecule has 1 unspecified atom stereocenters. The third-order valence-corrected chi connectivity index (χ3v) is 6.87. The van der Waals surface area contributed by atoms with Crippen molar-refractivity contribution in [2.75, 3.05) is 35.3 Å². The van der Waals surface area contributed by atoms with Crippen LogP contribution in [0.1, 0.15) is 31.8 Å². The van der Waals surface area contributed by atoms with E-state index >= 15 is 0 Å². The average molecular weight is 553 g/mol. The molecule has 0 bridgehead atoms. The number of hydrogen-bond acceptors (Lipinski definition) is 7. The largest absolute Gasteiger partial charge is 0.480 e. The van der Waals surface area contributed by atoms with Crippen LogP contribution in [0.15, 0.2) is 60.7 Å². The summed E-state index contributed by atoms with van der Waals surface area (Å²) in [4.78, 5) is 40.9. The van der Waals surface area contributed by atoms with Gasteiger partial charge in [0, 0.05) is 31.4 Å². The number of carboxylic acid groups (broad SMARTS) is 1. The number of nitrogens with zero attached hydrogens (tertiary/aromatic N) is 2. The molecule has 39 heavy (non-hydrogen) atoms. The third kappa shape index (κ3) is 5.83. The Kier molecular flexibility index (Phi) is 8.39. The van der Waals surface area contributed by atoms with Gasteiger partial charge in [-0.2, -0.15) is 0 Å². The van der Waals surface area contributed by atoms with Gasteiger partial charge in [0.25, 0.3) is 11.8 Å². The molecule has 0 aliphatic carbocycles. The summed E-state index contributed by atoms with van der Waals surface area (Å²) in [5.74, 6) is -2.21. The lowest BCUT2D eigenvalue weighted by Crippen LogP contribution is -2.54. The first kappa shape index (κ1) is 27.9. The number of aliphatic hydroxyl groups is 2. The fraction of sp³-hybridized carbons (Fsp3) is 0.250. The van der Waals surface area contributed by atoms with E-state index in [1.807, 2.05) is 0 Å². The van der Waals surface area contributed by atoms with Gasteiger partial charge in [-0.1, -0.05) is 35.9 Å². The van der Waals surface area contributed by atoms with Crippen molar-refractivity contribution in [3.05, 3.63) is 87.9 Å². The zero-order valence-corrected chi connectivity index (χ0v) is 22.1. The molecule has 0 saturated heterocycles. The van der Waals surface area contributed by atoms with Gasteiger partial charge in [-0.3, -0.25) is 14.5 Å². The Labute approximate surface area is 230 Å². The molecule has 4 rings (SSSR count). The zero-order valence-electron chi connectivity index (χ0n) is 21.4. The predicted molar refractivity (Wildman–Crippen MR) is 148 cm³/mol. The van der Waals surface area contributed by atoms with Crippen molar-refractivity contribution in [2.24, 2.45) is 0 Å². The van der Waals surface area contributed by atoms with E-state index < -0.39 is 30.2 Å². The maximum Gasteiger partial charge on any atom is 0.326 e. The van der Waals surface area contributed by atoms with E-state index in [0.29, 0.717) is 40.3 Å². The first-order valence-electron chi connectivity index (χ1n) is 12.2. The van der Waals surface area contributed by atoms with Gasteiger partial charge in [0.15, 0.2) is 0 Å². The third-order valence-electron chi connectivity index (χ3n) is 6.55. The average Bonchev–Trinajstić information content (AvgIpc) is 2.91. The van der Waals surface area contributed by atoms with Crippen LogP contribution in [-0.4, -0.2) is 65.7 Å². The standard InChI is InChI=1S/C28H29ClN4O6/c1-16-4-3-5-21(29)24(16)25(35)31-22(27(37)38)14-17-6-9-19(10-7-17)33-26(36)20-15-18(30-12-13-34)8-11-23(20)32(2)28(33)39/h3-11,15,22,28,30,34,39H,12-14H2,1-2H3,(H,31,35)(H,37,38)/t22-,28?/m0/s1. The van der Waals surface area contributed by atoms with Crippen LogP contribution in [0, 0.1) is 6.92 Å². The monoisotopic (exact) mass is 552 g/mol. The van der Waals surface area contributed by atoms with Crippen LogP contribution in [0.25, 0.3) is 0 Å². The molecule has 11 heteroatoms. The fourth-order valence-electron chi connectivity index (χ4n) is 4.49. The van der Waals surface area contributed by atoms with E-state index in [1.54, 1.807) is 79.5 Å². The Morgan fingerprint density at radius 3 is 2.46 bits per heavy atom. The van der Waals surface area contributed by atoms with Crippen LogP contribution < -0.4 is 20.4 Å². The molecule has 3 aromatic carbocycles. The summed E-state index contributed by atoms with van der Waals surface area (Å²) in [6.45, 7) is 1.98. The second-order valence-electron chi connectivity index (χ2n) is 9.18. The van der Waals surface area contributed by atoms with Gasteiger partial charge in [-0.15, -0.1) is 0 Å². The molecule has 0 radical (unpaired) electrons. The lowest BCUT2D eigenvalue weighted by atomic mass is 10.0. The lowest BCUT2D eigenvalue weighted by molar-refractivity contribution is -0.139. The molecule has 10 nitrogen and oxygen atoms in total. The van der Waals surface area contributed by atoms with Gasteiger partial charge in [0.05, 0.1) is 28.4 Å². The maximum atomic E-state index is 13.4. The van der Waals surface area contributed by atoms with Crippen molar-refractivity contribution in [3.8, 4) is 0 Å². The summed E-state index contributed by atoms with van der Waals surface area (Å²) in [7, 11) is 1.67. The van der Waals surface area contributed by atoms with Crippen LogP contribution in [0.5, 0.6) is 0 Å². The van der Waals surface area contributed by atoms with Crippen LogP contribution in [0.2, 0.25) is 5.02 Å². The molecular formula is C28H29ClN4O6. The van der Waals surface area contributed by atoms with Gasteiger partial charge >= 0.3 is 5.97 Å². The number of nitrogens with one attached hydrogen (secondary N) is 2. The van der Waals surface area contributed by atoms with Crippen molar-refractivity contribution >= 4 is 46.4 Å². The Morgan fingerprint density at radius 1 is 1.10 bits per heavy atom. The molecule has 0 spiro atoms. The van der Waals surface area contributed by atoms with E-state index in [1.165, 1.54) is 4.90 Å². The van der Waals surface area contributed by atoms with Gasteiger partial charge < -0.3 is 30.9 Å². The number of hydrogen-bond donors (Lipinski definition) is 5. The van der Waals surface area contributed by atoms with Gasteiger partial charge in [-0.05, 0) is 54.4 Å². The number of carboxylic acids is 1. The van der Waals surface area contributed by atoms with E-state index in [9.17, 15) is 24.6 Å². The Bertz CT molecular complexity index is 1380. The molecule has 1 aliphatic heterocycles. The normalized spacial score (nSPS) is 15.5. The number of aliphatic carboxylic acids is 1. The van der Waals surface area contributed by atoms with Crippen LogP contribution >= 0.6 is 11.6 Å². The van der Waals surface area contributed by atoms with Gasteiger partial charge in [0.2, 0.25) is 6.35 Å². The molecule has 0 saturated carbocycles. The fourth-order valence-corrected chi connectivity index (χ4v) is 4.79. The van der Waals surface area contributed by atoms with Crippen molar-refractivity contribution in [1.82, 2.24) is 5.32 Å². The summed E-state index contributed by atoms with van der Waals surface area (Å²) < 4.78 is 0. The highest BCUT2D eigenvalue weighted by molar-refractivity contribution is 6.34. The van der Waals surface area contributed by atoms with Gasteiger partial charge in [0.1, 0.15) is 6.04 Å². The number of carbonyl (C=O) groups excluding carboxylic acids is 2. The minimum atomic E-state index is -1.27. The highest BCUT2D eigenvalue weighted by Crippen LogP contribution is 2.34. The number of amides is 2. The van der Waals surface area contributed by atoms with Gasteiger partial charge in [-0.25, -0.2) is 4.79 Å². The first-order valence-corrected chi connectivity index (χ1v) is 12.6. The summed E-state index contributed by atoms with van der Waals surface area (Å²) in [6.07, 6.45) is -1.28. The number of carbonyl (C=O) groups is 3. The maximum absolute atomic E-state index is 13.4. The summed E-state index contributed by atoms with van der Waals surface area (Å²) in [6, 6.07) is 15.4. The van der Waals surface area contributed by atoms with Crippen molar-refractivity contribution < 1.29 is 29.7 Å². The van der Waals surface area contributed by atoms with Crippen LogP contribution in [0.4, 0.5) is 17.1 Å². The number of aryl methyl sites for hydroxylation is 1. The summed E-state index contributed by atoms with van der Waals surface area (Å²) in [5.41, 5.74) is 3.45. The Hall–Kier alpha value is -4.12. The summed E-state index contributed by atoms with van der Waals surface area (Å²) >= 11 is 6.16. The second-order valence-corrected chi connectivity index (χ2v) is 9.59. The number of benzene rings is 3. The Morgan fingerprint density at radius 2 is 1.82 bits per heavy atom. The van der Waals surface area contributed by atoms with Crippen molar-refractivity contribution in [1.29, 1.82) is 0 Å². The number of anilines is 3. The molecule has 0 aromatic heterocycles. The molecule has 1 heterocycles. The smallest absolute Gasteiger partial charge is 0.326 e. The second kappa shape index (κ2) is 11.7.